The van der Waals surface area contributed by atoms with E-state index in [2.05, 4.69) is 24.3 Å². The Morgan fingerprint density at radius 2 is 2.15 bits per heavy atom. The summed E-state index contributed by atoms with van der Waals surface area (Å²) in [4.78, 5) is 12.5. The molecule has 0 bridgehead atoms. The highest BCUT2D eigenvalue weighted by molar-refractivity contribution is 5.69. The van der Waals surface area contributed by atoms with E-state index in [9.17, 15) is 4.79 Å². The van der Waals surface area contributed by atoms with Crippen molar-refractivity contribution in [2.75, 3.05) is 27.2 Å². The van der Waals surface area contributed by atoms with Crippen LogP contribution < -0.4 is 5.32 Å². The van der Waals surface area contributed by atoms with E-state index in [0.717, 1.165) is 6.54 Å². The van der Waals surface area contributed by atoms with Gasteiger partial charge in [0.05, 0.1) is 6.54 Å². The highest BCUT2D eigenvalue weighted by Crippen LogP contribution is 2.35. The van der Waals surface area contributed by atoms with Gasteiger partial charge in [-0.2, -0.15) is 0 Å². The number of hydrogen-bond acceptors (Lipinski definition) is 3. The first-order valence-corrected chi connectivity index (χ1v) is 4.67. The Morgan fingerprint density at radius 1 is 1.54 bits per heavy atom. The van der Waals surface area contributed by atoms with E-state index < -0.39 is 5.97 Å². The Kier molecular flexibility index (Phi) is 3.27. The van der Waals surface area contributed by atoms with Crippen molar-refractivity contribution in [2.45, 2.75) is 24.8 Å². The second-order valence-corrected chi connectivity index (χ2v) is 3.97. The molecule has 0 aromatic rings. The van der Waals surface area contributed by atoms with Crippen molar-refractivity contribution < 1.29 is 9.90 Å². The minimum absolute atomic E-state index is 0.0651. The van der Waals surface area contributed by atoms with Gasteiger partial charge in [0.15, 0.2) is 0 Å². The quantitative estimate of drug-likeness (QED) is 0.641. The summed E-state index contributed by atoms with van der Waals surface area (Å²) < 4.78 is 0. The molecule has 1 aliphatic rings. The van der Waals surface area contributed by atoms with E-state index in [4.69, 9.17) is 5.11 Å². The van der Waals surface area contributed by atoms with E-state index in [1.807, 2.05) is 0 Å². The molecule has 0 heterocycles. The van der Waals surface area contributed by atoms with Crippen LogP contribution in [0.1, 0.15) is 19.3 Å². The number of carbonyl (C=O) groups is 1. The summed E-state index contributed by atoms with van der Waals surface area (Å²) in [5.74, 6) is -0.784. The van der Waals surface area contributed by atoms with Gasteiger partial charge in [-0.25, -0.2) is 0 Å². The van der Waals surface area contributed by atoms with Crippen molar-refractivity contribution in [3.05, 3.63) is 0 Å². The van der Waals surface area contributed by atoms with Crippen molar-refractivity contribution in [1.82, 2.24) is 10.2 Å². The minimum atomic E-state index is -0.784. The Balaban J connectivity index is 2.28. The van der Waals surface area contributed by atoms with Crippen molar-refractivity contribution in [1.29, 1.82) is 0 Å². The normalized spacial score (nSPS) is 19.9. The molecule has 76 valence electrons. The number of hydrogen-bond donors (Lipinski definition) is 2. The van der Waals surface area contributed by atoms with Crippen molar-refractivity contribution in [3.63, 3.8) is 0 Å². The molecule has 0 saturated heterocycles. The van der Waals surface area contributed by atoms with Crippen LogP contribution in [0.4, 0.5) is 0 Å². The van der Waals surface area contributed by atoms with Gasteiger partial charge in [-0.15, -0.1) is 0 Å². The third-order valence-corrected chi connectivity index (χ3v) is 2.96. The standard InChI is InChI=1S/C9H18N2O2/c1-11(2)9(4-3-5-9)7-10-6-8(12)13/h10H,3-7H2,1-2H3,(H,12,13). The van der Waals surface area contributed by atoms with Crippen LogP contribution in [0, 0.1) is 0 Å². The van der Waals surface area contributed by atoms with Gasteiger partial charge < -0.3 is 15.3 Å². The Labute approximate surface area is 78.9 Å². The average Bonchev–Trinajstić information content (AvgIpc) is 1.93. The molecule has 4 nitrogen and oxygen atoms in total. The number of aliphatic carboxylic acids is 1. The lowest BCUT2D eigenvalue weighted by molar-refractivity contribution is -0.136. The Morgan fingerprint density at radius 3 is 2.46 bits per heavy atom. The highest BCUT2D eigenvalue weighted by atomic mass is 16.4. The summed E-state index contributed by atoms with van der Waals surface area (Å²) in [5, 5.41) is 11.4. The molecule has 1 aliphatic carbocycles. The van der Waals surface area contributed by atoms with Crippen LogP contribution >= 0.6 is 0 Å². The highest BCUT2D eigenvalue weighted by Gasteiger charge is 2.38. The number of rotatable bonds is 5. The lowest BCUT2D eigenvalue weighted by atomic mass is 9.75. The smallest absolute Gasteiger partial charge is 0.317 e. The van der Waals surface area contributed by atoms with Gasteiger partial charge >= 0.3 is 5.97 Å². The summed E-state index contributed by atoms with van der Waals surface area (Å²) in [6.45, 7) is 0.849. The minimum Gasteiger partial charge on any atom is -0.480 e. The van der Waals surface area contributed by atoms with E-state index >= 15 is 0 Å². The van der Waals surface area contributed by atoms with Gasteiger partial charge in [0, 0.05) is 12.1 Å². The zero-order valence-corrected chi connectivity index (χ0v) is 8.34. The van der Waals surface area contributed by atoms with Gasteiger partial charge in [-0.3, -0.25) is 4.79 Å². The first kappa shape index (κ1) is 10.5. The first-order valence-electron chi connectivity index (χ1n) is 4.67. The van der Waals surface area contributed by atoms with Crippen LogP contribution in [0.2, 0.25) is 0 Å². The Hall–Kier alpha value is -0.610. The second kappa shape index (κ2) is 4.07. The fourth-order valence-electron chi connectivity index (χ4n) is 1.77. The summed E-state index contributed by atoms with van der Waals surface area (Å²) >= 11 is 0. The maximum Gasteiger partial charge on any atom is 0.317 e. The number of carboxylic acids is 1. The maximum absolute atomic E-state index is 10.3. The lowest BCUT2D eigenvalue weighted by Crippen LogP contribution is -2.56. The van der Waals surface area contributed by atoms with Gasteiger partial charge in [0.2, 0.25) is 0 Å². The number of likely N-dealkylation sites (N-methyl/N-ethyl adjacent to an activating group) is 1. The molecule has 0 aromatic carbocycles. The van der Waals surface area contributed by atoms with Crippen molar-refractivity contribution in [3.8, 4) is 0 Å². The third-order valence-electron chi connectivity index (χ3n) is 2.96. The summed E-state index contributed by atoms with van der Waals surface area (Å²) in [6.07, 6.45) is 3.60. The average molecular weight is 186 g/mol. The van der Waals surface area contributed by atoms with Crippen LogP contribution in [-0.4, -0.2) is 48.7 Å². The predicted molar refractivity (Wildman–Crippen MR) is 50.8 cm³/mol. The van der Waals surface area contributed by atoms with Gasteiger partial charge in [0.1, 0.15) is 0 Å². The van der Waals surface area contributed by atoms with E-state index in [1.54, 1.807) is 0 Å². The third kappa shape index (κ3) is 2.42. The molecule has 0 radical (unpaired) electrons. The summed E-state index contributed by atoms with van der Waals surface area (Å²) in [7, 11) is 4.11. The molecule has 0 aromatic heterocycles. The SMILES string of the molecule is CN(C)C1(CNCC(=O)O)CCC1. The first-order chi connectivity index (χ1) is 6.07. The Bertz CT molecular complexity index is 188. The van der Waals surface area contributed by atoms with Gasteiger partial charge in [-0.1, -0.05) is 0 Å². The molecule has 0 spiro atoms. The number of nitrogens with one attached hydrogen (secondary N) is 1. The molecule has 0 atom stereocenters. The van der Waals surface area contributed by atoms with Crippen molar-refractivity contribution >= 4 is 5.97 Å². The van der Waals surface area contributed by atoms with Gasteiger partial charge in [0.25, 0.3) is 0 Å². The van der Waals surface area contributed by atoms with E-state index in [0.29, 0.717) is 0 Å². The van der Waals surface area contributed by atoms with Gasteiger partial charge in [-0.05, 0) is 33.4 Å². The lowest BCUT2D eigenvalue weighted by Gasteiger charge is -2.47. The zero-order chi connectivity index (χ0) is 9.90. The molecule has 0 aliphatic heterocycles. The molecule has 1 saturated carbocycles. The summed E-state index contributed by atoms with van der Waals surface area (Å²) in [6, 6.07) is 0. The molecule has 0 unspecified atom stereocenters. The van der Waals surface area contributed by atoms with E-state index in [1.165, 1.54) is 19.3 Å². The van der Waals surface area contributed by atoms with Crippen LogP contribution in [0.5, 0.6) is 0 Å². The molecule has 1 rings (SSSR count). The fraction of sp³-hybridized carbons (Fsp3) is 0.889. The summed E-state index contributed by atoms with van der Waals surface area (Å²) in [5.41, 5.74) is 0.218. The van der Waals surface area contributed by atoms with Crippen LogP contribution in [-0.2, 0) is 4.79 Å². The largest absolute Gasteiger partial charge is 0.480 e. The number of nitrogens with zero attached hydrogens (tertiary/aromatic N) is 1. The second-order valence-electron chi connectivity index (χ2n) is 3.97. The molecule has 2 N–H and O–H groups in total. The molecule has 1 fully saturated rings. The molecule has 4 heteroatoms. The zero-order valence-electron chi connectivity index (χ0n) is 8.34. The van der Waals surface area contributed by atoms with Crippen molar-refractivity contribution in [2.24, 2.45) is 0 Å². The van der Waals surface area contributed by atoms with E-state index in [-0.39, 0.29) is 12.1 Å². The molecular weight excluding hydrogens is 168 g/mol. The van der Waals surface area contributed by atoms with Crippen LogP contribution in [0.25, 0.3) is 0 Å². The fourth-order valence-corrected chi connectivity index (χ4v) is 1.77. The molecule has 13 heavy (non-hydrogen) atoms. The topological polar surface area (TPSA) is 52.6 Å². The molecular formula is C9H18N2O2. The monoisotopic (exact) mass is 186 g/mol. The number of carboxylic acid groups (broad SMARTS) is 1. The van der Waals surface area contributed by atoms with Crippen LogP contribution in [0.15, 0.2) is 0 Å². The van der Waals surface area contributed by atoms with Crippen LogP contribution in [0.3, 0.4) is 0 Å². The maximum atomic E-state index is 10.3. The molecule has 0 amide bonds. The predicted octanol–water partition coefficient (Wildman–Crippen LogP) is 0.145.